The minimum Gasteiger partial charge on any atom is -0.482 e. The lowest BCUT2D eigenvalue weighted by Crippen LogP contribution is -2.45. The Kier molecular flexibility index (Phi) is 4.10. The van der Waals surface area contributed by atoms with Crippen molar-refractivity contribution >= 4 is 5.91 Å². The van der Waals surface area contributed by atoms with Crippen LogP contribution in [0, 0.1) is 5.82 Å². The van der Waals surface area contributed by atoms with Crippen molar-refractivity contribution in [2.75, 3.05) is 13.2 Å². The molecule has 118 valence electrons. The summed E-state index contributed by atoms with van der Waals surface area (Å²) in [6, 6.07) is 0.843. The van der Waals surface area contributed by atoms with Gasteiger partial charge in [-0.05, 0) is 6.92 Å². The first-order valence-electron chi connectivity index (χ1n) is 7.07. The van der Waals surface area contributed by atoms with Gasteiger partial charge < -0.3 is 19.8 Å². The Balaban J connectivity index is 1.61. The van der Waals surface area contributed by atoms with E-state index in [-0.39, 0.29) is 17.8 Å². The molecule has 2 N–H and O–H groups in total. The Hall–Kier alpha value is -2.35. The number of hydrogen-bond acceptors (Lipinski definition) is 4. The van der Waals surface area contributed by atoms with Gasteiger partial charge in [0.25, 0.3) is 5.91 Å². The number of H-pyrrole nitrogens is 1. The summed E-state index contributed by atoms with van der Waals surface area (Å²) in [6.45, 7) is 3.46. The molecule has 0 unspecified atom stereocenters. The van der Waals surface area contributed by atoms with Crippen LogP contribution in [0.1, 0.15) is 17.4 Å². The van der Waals surface area contributed by atoms with Crippen molar-refractivity contribution in [1.29, 1.82) is 0 Å². The van der Waals surface area contributed by atoms with Crippen LogP contribution < -0.4 is 10.1 Å². The molecule has 3 rings (SSSR count). The summed E-state index contributed by atoms with van der Waals surface area (Å²) in [7, 11) is 0. The van der Waals surface area contributed by atoms with E-state index in [1.54, 1.807) is 17.1 Å². The van der Waals surface area contributed by atoms with E-state index in [1.807, 2.05) is 6.92 Å². The second-order valence-electron chi connectivity index (χ2n) is 5.04. The first kappa shape index (κ1) is 14.6. The zero-order chi connectivity index (χ0) is 15.5. The predicted octanol–water partition coefficient (Wildman–Crippen LogP) is 0.946. The lowest BCUT2D eigenvalue weighted by atomic mass is 10.2. The van der Waals surface area contributed by atoms with Gasteiger partial charge in [0, 0.05) is 18.8 Å². The van der Waals surface area contributed by atoms with Gasteiger partial charge in [-0.2, -0.15) is 5.10 Å². The van der Waals surface area contributed by atoms with Crippen LogP contribution in [-0.4, -0.2) is 46.0 Å². The average molecular weight is 308 g/mol. The van der Waals surface area contributed by atoms with Crippen LogP contribution in [0.3, 0.4) is 0 Å². The van der Waals surface area contributed by atoms with Gasteiger partial charge in [0.2, 0.25) is 0 Å². The largest absolute Gasteiger partial charge is 0.482 e. The summed E-state index contributed by atoms with van der Waals surface area (Å²) in [5.74, 6) is -0.243. The van der Waals surface area contributed by atoms with Crippen molar-refractivity contribution in [2.24, 2.45) is 0 Å². The summed E-state index contributed by atoms with van der Waals surface area (Å²) in [5.41, 5.74) is 0.168. The molecule has 3 heterocycles. The molecule has 1 aliphatic heterocycles. The number of aromatic amines is 1. The van der Waals surface area contributed by atoms with Gasteiger partial charge >= 0.3 is 0 Å². The third-order valence-corrected chi connectivity index (χ3v) is 3.46. The monoisotopic (exact) mass is 308 g/mol. The van der Waals surface area contributed by atoms with Gasteiger partial charge in [-0.25, -0.2) is 4.39 Å². The van der Waals surface area contributed by atoms with Crippen LogP contribution >= 0.6 is 0 Å². The van der Waals surface area contributed by atoms with Gasteiger partial charge in [-0.1, -0.05) is 0 Å². The Bertz CT molecular complexity index is 654. The molecule has 22 heavy (non-hydrogen) atoms. The molecule has 2 atom stereocenters. The van der Waals surface area contributed by atoms with E-state index in [0.717, 1.165) is 18.8 Å². The first-order valence-corrected chi connectivity index (χ1v) is 7.07. The molecule has 0 bridgehead atoms. The number of rotatable bonds is 5. The van der Waals surface area contributed by atoms with E-state index in [9.17, 15) is 9.18 Å². The molecule has 0 aliphatic carbocycles. The third-order valence-electron chi connectivity index (χ3n) is 3.46. The molecule has 0 aromatic carbocycles. The summed E-state index contributed by atoms with van der Waals surface area (Å²) < 4.78 is 25.9. The number of hydrogen-bond donors (Lipinski definition) is 2. The lowest BCUT2D eigenvalue weighted by Gasteiger charge is -2.19. The van der Waals surface area contributed by atoms with Crippen LogP contribution in [0.15, 0.2) is 24.7 Å². The number of amides is 1. The van der Waals surface area contributed by atoms with Gasteiger partial charge in [0.05, 0.1) is 31.6 Å². The molecule has 0 radical (unpaired) electrons. The van der Waals surface area contributed by atoms with Crippen LogP contribution in [0.2, 0.25) is 0 Å². The first-order chi connectivity index (χ1) is 10.7. The fraction of sp³-hybridized carbons (Fsp3) is 0.429. The van der Waals surface area contributed by atoms with Gasteiger partial charge in [-0.3, -0.25) is 9.48 Å². The van der Waals surface area contributed by atoms with Gasteiger partial charge in [-0.15, -0.1) is 0 Å². The minimum absolute atomic E-state index is 0.168. The van der Waals surface area contributed by atoms with Crippen LogP contribution in [-0.2, 0) is 11.3 Å². The molecular weight excluding hydrogens is 291 g/mol. The molecule has 7 nitrogen and oxygen atoms in total. The number of carbonyl (C=O) groups is 1. The number of aryl methyl sites for hydroxylation is 1. The third kappa shape index (κ3) is 3.11. The molecule has 2 aromatic rings. The highest BCUT2D eigenvalue weighted by molar-refractivity contribution is 5.92. The number of aromatic nitrogens is 3. The average Bonchev–Trinajstić information content (AvgIpc) is 3.22. The summed E-state index contributed by atoms with van der Waals surface area (Å²) in [4.78, 5) is 14.6. The van der Waals surface area contributed by atoms with Crippen molar-refractivity contribution in [1.82, 2.24) is 20.1 Å². The Morgan fingerprint density at radius 3 is 3.18 bits per heavy atom. The highest BCUT2D eigenvalue weighted by atomic mass is 19.1. The van der Waals surface area contributed by atoms with Gasteiger partial charge in [0.15, 0.2) is 5.75 Å². The SMILES string of the molecule is CCn1cc(O[C@@H]2COC[C@@H]2NC(=O)c2cc(F)c[nH]2)cn1. The number of nitrogens with one attached hydrogen (secondary N) is 2. The van der Waals surface area contributed by atoms with E-state index in [0.29, 0.717) is 19.0 Å². The molecule has 1 fully saturated rings. The predicted molar refractivity (Wildman–Crippen MR) is 75.1 cm³/mol. The maximum Gasteiger partial charge on any atom is 0.268 e. The van der Waals surface area contributed by atoms with Gasteiger partial charge in [0.1, 0.15) is 17.6 Å². The summed E-state index contributed by atoms with van der Waals surface area (Å²) in [6.07, 6.45) is 4.24. The zero-order valence-electron chi connectivity index (χ0n) is 12.1. The maximum absolute atomic E-state index is 12.9. The topological polar surface area (TPSA) is 81.2 Å². The maximum atomic E-state index is 12.9. The zero-order valence-corrected chi connectivity index (χ0v) is 12.1. The fourth-order valence-corrected chi connectivity index (χ4v) is 2.28. The smallest absolute Gasteiger partial charge is 0.268 e. The summed E-state index contributed by atoms with van der Waals surface area (Å²) in [5, 5.41) is 6.92. The van der Waals surface area contributed by atoms with E-state index in [1.165, 1.54) is 0 Å². The fourth-order valence-electron chi connectivity index (χ4n) is 2.28. The molecule has 0 spiro atoms. The molecule has 8 heteroatoms. The lowest BCUT2D eigenvalue weighted by molar-refractivity contribution is 0.0899. The van der Waals surface area contributed by atoms with Crippen molar-refractivity contribution in [3.8, 4) is 5.75 Å². The second-order valence-corrected chi connectivity index (χ2v) is 5.04. The standard InChI is InChI=1S/C14H17FN4O3/c1-2-19-6-10(5-17-19)22-13-8-21-7-12(13)18-14(20)11-3-9(15)4-16-11/h3-6,12-13,16H,2,7-8H2,1H3,(H,18,20)/t12-,13+/m0/s1. The van der Waals surface area contributed by atoms with Crippen molar-refractivity contribution in [3.05, 3.63) is 36.2 Å². The van der Waals surface area contributed by atoms with E-state index < -0.39 is 11.7 Å². The molecule has 1 amide bonds. The van der Waals surface area contributed by atoms with E-state index in [2.05, 4.69) is 15.4 Å². The van der Waals surface area contributed by atoms with E-state index in [4.69, 9.17) is 9.47 Å². The van der Waals surface area contributed by atoms with Crippen LogP contribution in [0.5, 0.6) is 5.75 Å². The van der Waals surface area contributed by atoms with E-state index >= 15 is 0 Å². The number of carbonyl (C=O) groups excluding carboxylic acids is 1. The second kappa shape index (κ2) is 6.18. The number of ether oxygens (including phenoxy) is 2. The number of nitrogens with zero attached hydrogens (tertiary/aromatic N) is 2. The van der Waals surface area contributed by atoms with Crippen LogP contribution in [0.4, 0.5) is 4.39 Å². The Labute approximate surface area is 126 Å². The highest BCUT2D eigenvalue weighted by Gasteiger charge is 2.32. The quantitative estimate of drug-likeness (QED) is 0.861. The molecule has 0 saturated carbocycles. The van der Waals surface area contributed by atoms with Crippen molar-refractivity contribution in [2.45, 2.75) is 25.6 Å². The van der Waals surface area contributed by atoms with Crippen molar-refractivity contribution < 1.29 is 18.7 Å². The summed E-state index contributed by atoms with van der Waals surface area (Å²) >= 11 is 0. The molecule has 1 aliphatic rings. The normalized spacial score (nSPS) is 21.0. The van der Waals surface area contributed by atoms with Crippen LogP contribution in [0.25, 0.3) is 0 Å². The van der Waals surface area contributed by atoms with Crippen molar-refractivity contribution in [3.63, 3.8) is 0 Å². The molecular formula is C14H17FN4O3. The highest BCUT2D eigenvalue weighted by Crippen LogP contribution is 2.17. The Morgan fingerprint density at radius 1 is 1.64 bits per heavy atom. The number of halogens is 1. The molecule has 1 saturated heterocycles. The molecule has 2 aromatic heterocycles. The Morgan fingerprint density at radius 2 is 2.50 bits per heavy atom. The minimum atomic E-state index is -0.479.